The molecule has 0 aliphatic heterocycles. The Morgan fingerprint density at radius 1 is 1.41 bits per heavy atom. The summed E-state index contributed by atoms with van der Waals surface area (Å²) in [6.45, 7) is 1.47. The molecule has 0 saturated carbocycles. The van der Waals surface area contributed by atoms with E-state index < -0.39 is 0 Å². The van der Waals surface area contributed by atoms with E-state index in [4.69, 9.17) is 5.73 Å². The Balaban J connectivity index is 2.62. The van der Waals surface area contributed by atoms with Crippen molar-refractivity contribution in [3.05, 3.63) is 28.2 Å². The molecule has 5 heteroatoms. The van der Waals surface area contributed by atoms with E-state index in [9.17, 15) is 9.59 Å². The van der Waals surface area contributed by atoms with E-state index in [0.717, 1.165) is 28.6 Å². The van der Waals surface area contributed by atoms with Gasteiger partial charge in [0.25, 0.3) is 0 Å². The molecule has 0 aliphatic rings. The Labute approximate surface area is 109 Å². The molecule has 0 bridgehead atoms. The Hall–Kier alpha value is -1.36. The fourth-order valence-electron chi connectivity index (χ4n) is 1.47. The van der Waals surface area contributed by atoms with E-state index >= 15 is 0 Å². The van der Waals surface area contributed by atoms with Crippen molar-refractivity contribution in [2.45, 2.75) is 26.2 Å². The van der Waals surface area contributed by atoms with Gasteiger partial charge >= 0.3 is 0 Å². The zero-order chi connectivity index (χ0) is 12.8. The highest BCUT2D eigenvalue weighted by atomic mass is 79.9. The summed E-state index contributed by atoms with van der Waals surface area (Å²) < 4.78 is 0.837. The van der Waals surface area contributed by atoms with Crippen LogP contribution in [-0.2, 0) is 16.0 Å². The van der Waals surface area contributed by atoms with Crippen molar-refractivity contribution in [3.8, 4) is 0 Å². The van der Waals surface area contributed by atoms with E-state index in [2.05, 4.69) is 21.2 Å². The second kappa shape index (κ2) is 6.39. The minimum atomic E-state index is -0.279. The van der Waals surface area contributed by atoms with E-state index in [1.54, 1.807) is 0 Å². The van der Waals surface area contributed by atoms with Gasteiger partial charge in [-0.05, 0) is 46.5 Å². The minimum absolute atomic E-state index is 0.104. The molecule has 17 heavy (non-hydrogen) atoms. The average molecular weight is 299 g/mol. The predicted octanol–water partition coefficient (Wildman–Crippen LogP) is 2.22. The van der Waals surface area contributed by atoms with E-state index in [0.29, 0.717) is 6.42 Å². The maximum absolute atomic E-state index is 10.9. The Bertz CT molecular complexity index is 433. The first-order chi connectivity index (χ1) is 7.99. The highest BCUT2D eigenvalue weighted by Crippen LogP contribution is 2.24. The third-order valence-electron chi connectivity index (χ3n) is 2.23. The summed E-state index contributed by atoms with van der Waals surface area (Å²) in [6, 6.07) is 5.70. The molecule has 0 aliphatic carbocycles. The van der Waals surface area contributed by atoms with E-state index in [1.165, 1.54) is 6.92 Å². The summed E-state index contributed by atoms with van der Waals surface area (Å²) >= 11 is 3.39. The molecule has 0 atom stereocenters. The molecule has 92 valence electrons. The maximum atomic E-state index is 10.9. The van der Waals surface area contributed by atoms with Crippen molar-refractivity contribution in [1.29, 1.82) is 0 Å². The zero-order valence-corrected chi connectivity index (χ0v) is 11.2. The molecule has 0 aromatic heterocycles. The van der Waals surface area contributed by atoms with Crippen LogP contribution in [0.1, 0.15) is 25.3 Å². The van der Waals surface area contributed by atoms with Crippen LogP contribution in [0.3, 0.4) is 0 Å². The largest absolute Gasteiger partial charge is 0.370 e. The van der Waals surface area contributed by atoms with Gasteiger partial charge in [0.15, 0.2) is 0 Å². The van der Waals surface area contributed by atoms with Gasteiger partial charge in [0, 0.05) is 17.8 Å². The quantitative estimate of drug-likeness (QED) is 0.875. The molecule has 0 saturated heterocycles. The van der Waals surface area contributed by atoms with Gasteiger partial charge in [-0.3, -0.25) is 9.59 Å². The van der Waals surface area contributed by atoms with Crippen molar-refractivity contribution in [3.63, 3.8) is 0 Å². The Morgan fingerprint density at radius 3 is 2.65 bits per heavy atom. The number of carbonyl (C=O) groups is 2. The number of nitrogens with one attached hydrogen (secondary N) is 1. The van der Waals surface area contributed by atoms with Crippen LogP contribution in [-0.4, -0.2) is 11.8 Å². The highest BCUT2D eigenvalue weighted by molar-refractivity contribution is 9.10. The summed E-state index contributed by atoms with van der Waals surface area (Å²) in [6.07, 6.45) is 1.92. The lowest BCUT2D eigenvalue weighted by atomic mass is 10.1. The molecule has 0 heterocycles. The standard InChI is InChI=1S/C12H15BrN2O2/c1-8(16)15-11-6-5-9(7-10(11)13)3-2-4-12(14)17/h5-7H,2-4H2,1H3,(H2,14,17)(H,15,16). The van der Waals surface area contributed by atoms with Crippen LogP contribution in [0.2, 0.25) is 0 Å². The average Bonchev–Trinajstić information content (AvgIpc) is 2.21. The van der Waals surface area contributed by atoms with Crippen LogP contribution in [0.15, 0.2) is 22.7 Å². The molecule has 0 spiro atoms. The molecule has 2 amide bonds. The molecule has 1 rings (SSSR count). The number of hydrogen-bond donors (Lipinski definition) is 2. The fraction of sp³-hybridized carbons (Fsp3) is 0.333. The van der Waals surface area contributed by atoms with Crippen LogP contribution in [0.4, 0.5) is 5.69 Å². The van der Waals surface area contributed by atoms with E-state index in [-0.39, 0.29) is 11.8 Å². The van der Waals surface area contributed by atoms with Crippen molar-refractivity contribution in [2.75, 3.05) is 5.32 Å². The predicted molar refractivity (Wildman–Crippen MR) is 70.6 cm³/mol. The van der Waals surface area contributed by atoms with Gasteiger partial charge in [0.2, 0.25) is 11.8 Å². The number of nitrogens with two attached hydrogens (primary N) is 1. The molecule has 0 radical (unpaired) electrons. The molecule has 0 unspecified atom stereocenters. The van der Waals surface area contributed by atoms with Crippen LogP contribution < -0.4 is 11.1 Å². The second-order valence-electron chi connectivity index (χ2n) is 3.82. The van der Waals surface area contributed by atoms with Gasteiger partial charge in [-0.2, -0.15) is 0 Å². The normalized spacial score (nSPS) is 10.0. The first-order valence-corrected chi connectivity index (χ1v) is 6.12. The number of aryl methyl sites for hydroxylation is 1. The maximum Gasteiger partial charge on any atom is 0.221 e. The number of benzene rings is 1. The molecule has 0 fully saturated rings. The monoisotopic (exact) mass is 298 g/mol. The van der Waals surface area contributed by atoms with Crippen LogP contribution in [0.5, 0.6) is 0 Å². The van der Waals surface area contributed by atoms with Crippen molar-refractivity contribution in [2.24, 2.45) is 5.73 Å². The molecular formula is C12H15BrN2O2. The van der Waals surface area contributed by atoms with Gasteiger partial charge in [-0.25, -0.2) is 0 Å². The Kier molecular flexibility index (Phi) is 5.15. The minimum Gasteiger partial charge on any atom is -0.370 e. The number of carbonyl (C=O) groups excluding carboxylic acids is 2. The van der Waals surface area contributed by atoms with Crippen LogP contribution in [0.25, 0.3) is 0 Å². The number of primary amides is 1. The lowest BCUT2D eigenvalue weighted by molar-refractivity contribution is -0.118. The number of rotatable bonds is 5. The SMILES string of the molecule is CC(=O)Nc1ccc(CCCC(N)=O)cc1Br. The van der Waals surface area contributed by atoms with Gasteiger partial charge in [0.05, 0.1) is 5.69 Å². The third-order valence-corrected chi connectivity index (χ3v) is 2.89. The topological polar surface area (TPSA) is 72.2 Å². The smallest absolute Gasteiger partial charge is 0.221 e. The van der Waals surface area contributed by atoms with Gasteiger partial charge < -0.3 is 11.1 Å². The lowest BCUT2D eigenvalue weighted by Crippen LogP contribution is -2.10. The number of halogens is 1. The van der Waals surface area contributed by atoms with Crippen LogP contribution >= 0.6 is 15.9 Å². The first-order valence-electron chi connectivity index (χ1n) is 5.33. The summed E-state index contributed by atoms with van der Waals surface area (Å²) in [5.74, 6) is -0.383. The van der Waals surface area contributed by atoms with Crippen LogP contribution in [0, 0.1) is 0 Å². The Morgan fingerprint density at radius 2 is 2.12 bits per heavy atom. The summed E-state index contributed by atoms with van der Waals surface area (Å²) in [5, 5.41) is 2.71. The zero-order valence-electron chi connectivity index (χ0n) is 9.63. The highest BCUT2D eigenvalue weighted by Gasteiger charge is 2.03. The molecule has 4 nitrogen and oxygen atoms in total. The molecular weight excluding hydrogens is 284 g/mol. The molecule has 3 N–H and O–H groups in total. The van der Waals surface area contributed by atoms with Gasteiger partial charge in [-0.1, -0.05) is 6.07 Å². The van der Waals surface area contributed by atoms with Crippen molar-refractivity contribution < 1.29 is 9.59 Å². The first kappa shape index (κ1) is 13.7. The molecule has 1 aromatic rings. The second-order valence-corrected chi connectivity index (χ2v) is 4.67. The fourth-order valence-corrected chi connectivity index (χ4v) is 2.00. The lowest BCUT2D eigenvalue weighted by Gasteiger charge is -2.07. The van der Waals surface area contributed by atoms with Gasteiger partial charge in [0.1, 0.15) is 0 Å². The summed E-state index contributed by atoms with van der Waals surface area (Å²) in [7, 11) is 0. The molecule has 1 aromatic carbocycles. The summed E-state index contributed by atoms with van der Waals surface area (Å²) in [4.78, 5) is 21.5. The van der Waals surface area contributed by atoms with E-state index in [1.807, 2.05) is 18.2 Å². The van der Waals surface area contributed by atoms with Crippen molar-refractivity contribution >= 4 is 33.4 Å². The number of amides is 2. The van der Waals surface area contributed by atoms with Gasteiger partial charge in [-0.15, -0.1) is 0 Å². The summed E-state index contributed by atoms with van der Waals surface area (Å²) in [5.41, 5.74) is 6.92. The number of anilines is 1. The third kappa shape index (κ3) is 4.99. The number of hydrogen-bond acceptors (Lipinski definition) is 2. The van der Waals surface area contributed by atoms with Crippen molar-refractivity contribution in [1.82, 2.24) is 0 Å².